The molecule has 1 spiro atoms. The van der Waals surface area contributed by atoms with Crippen molar-refractivity contribution in [3.63, 3.8) is 0 Å². The van der Waals surface area contributed by atoms with Crippen LogP contribution < -0.4 is 0 Å². The Morgan fingerprint density at radius 3 is 2.50 bits per heavy atom. The van der Waals surface area contributed by atoms with Gasteiger partial charge in [-0.1, -0.05) is 26.7 Å². The fourth-order valence-electron chi connectivity index (χ4n) is 2.67. The van der Waals surface area contributed by atoms with Crippen LogP contribution in [0.3, 0.4) is 0 Å². The van der Waals surface area contributed by atoms with Gasteiger partial charge in [0.05, 0.1) is 0 Å². The Morgan fingerprint density at radius 1 is 1.50 bits per heavy atom. The van der Waals surface area contributed by atoms with Crippen LogP contribution >= 0.6 is 0 Å². The average molecular weight is 138 g/mol. The quantitative estimate of drug-likeness (QED) is 0.549. The standard InChI is InChI=1S/C10H18/c1-3-8(2)9-7-10(9)5-4-6-10/h8-9H,3-7H2,1-2H3. The van der Waals surface area contributed by atoms with Crippen molar-refractivity contribution in [1.82, 2.24) is 0 Å². The highest BCUT2D eigenvalue weighted by Crippen LogP contribution is 2.68. The maximum atomic E-state index is 2.43. The van der Waals surface area contributed by atoms with Gasteiger partial charge in [0.15, 0.2) is 0 Å². The van der Waals surface area contributed by atoms with Crippen LogP contribution in [-0.4, -0.2) is 0 Å². The Morgan fingerprint density at radius 2 is 2.20 bits per heavy atom. The molecular formula is C10H18. The maximum Gasteiger partial charge on any atom is -0.0263 e. The monoisotopic (exact) mass is 138 g/mol. The third kappa shape index (κ3) is 0.741. The summed E-state index contributed by atoms with van der Waals surface area (Å²) in [6, 6.07) is 0. The van der Waals surface area contributed by atoms with Gasteiger partial charge in [0.2, 0.25) is 0 Å². The molecule has 2 rings (SSSR count). The van der Waals surface area contributed by atoms with Gasteiger partial charge in [-0.2, -0.15) is 0 Å². The van der Waals surface area contributed by atoms with Crippen LogP contribution in [0.1, 0.15) is 46.0 Å². The van der Waals surface area contributed by atoms with Gasteiger partial charge in [0, 0.05) is 0 Å². The van der Waals surface area contributed by atoms with E-state index in [-0.39, 0.29) is 0 Å². The highest BCUT2D eigenvalue weighted by molar-refractivity contribution is 5.08. The first kappa shape index (κ1) is 6.69. The summed E-state index contributed by atoms with van der Waals surface area (Å²) in [6.07, 6.45) is 7.60. The van der Waals surface area contributed by atoms with Gasteiger partial charge in [-0.25, -0.2) is 0 Å². The van der Waals surface area contributed by atoms with E-state index in [2.05, 4.69) is 13.8 Å². The maximum absolute atomic E-state index is 2.43. The van der Waals surface area contributed by atoms with Crippen molar-refractivity contribution < 1.29 is 0 Å². The van der Waals surface area contributed by atoms with Gasteiger partial charge in [0.25, 0.3) is 0 Å². The summed E-state index contributed by atoms with van der Waals surface area (Å²) in [4.78, 5) is 0. The highest BCUT2D eigenvalue weighted by Gasteiger charge is 2.58. The van der Waals surface area contributed by atoms with Crippen LogP contribution in [0.15, 0.2) is 0 Å². The Bertz CT molecular complexity index is 133. The zero-order valence-corrected chi connectivity index (χ0v) is 7.19. The van der Waals surface area contributed by atoms with Crippen molar-refractivity contribution in [3.8, 4) is 0 Å². The van der Waals surface area contributed by atoms with E-state index in [0.717, 1.165) is 17.3 Å². The topological polar surface area (TPSA) is 0 Å². The Hall–Kier alpha value is 0. The van der Waals surface area contributed by atoms with Gasteiger partial charge < -0.3 is 0 Å². The van der Waals surface area contributed by atoms with Crippen molar-refractivity contribution in [3.05, 3.63) is 0 Å². The third-order valence-electron chi connectivity index (χ3n) is 3.93. The van der Waals surface area contributed by atoms with Crippen molar-refractivity contribution >= 4 is 0 Å². The number of hydrogen-bond acceptors (Lipinski definition) is 0. The molecule has 58 valence electrons. The molecular weight excluding hydrogens is 120 g/mol. The number of rotatable bonds is 2. The lowest BCUT2D eigenvalue weighted by Gasteiger charge is -2.28. The van der Waals surface area contributed by atoms with E-state index in [4.69, 9.17) is 0 Å². The molecule has 2 atom stereocenters. The minimum absolute atomic E-state index is 0.912. The molecule has 0 bridgehead atoms. The molecule has 2 unspecified atom stereocenters. The van der Waals surface area contributed by atoms with Crippen LogP contribution in [-0.2, 0) is 0 Å². The van der Waals surface area contributed by atoms with Gasteiger partial charge in [-0.3, -0.25) is 0 Å². The largest absolute Gasteiger partial charge is 0.0651 e. The van der Waals surface area contributed by atoms with E-state index >= 15 is 0 Å². The first-order chi connectivity index (χ1) is 4.78. The molecule has 2 aliphatic carbocycles. The van der Waals surface area contributed by atoms with Crippen LogP contribution in [0, 0.1) is 17.3 Å². The summed E-state index contributed by atoms with van der Waals surface area (Å²) in [5.74, 6) is 2.14. The van der Waals surface area contributed by atoms with E-state index in [1.54, 1.807) is 19.3 Å². The lowest BCUT2D eigenvalue weighted by atomic mass is 9.77. The minimum atomic E-state index is 0.912. The average Bonchev–Trinajstić information content (AvgIpc) is 2.59. The summed E-state index contributed by atoms with van der Waals surface area (Å²) in [5.41, 5.74) is 0.912. The van der Waals surface area contributed by atoms with E-state index < -0.39 is 0 Å². The molecule has 0 saturated heterocycles. The smallest absolute Gasteiger partial charge is 0.0263 e. The summed E-state index contributed by atoms with van der Waals surface area (Å²) in [7, 11) is 0. The normalized spacial score (nSPS) is 37.2. The highest BCUT2D eigenvalue weighted by atomic mass is 14.6. The molecule has 0 heteroatoms. The fourth-order valence-corrected chi connectivity index (χ4v) is 2.67. The molecule has 2 fully saturated rings. The predicted octanol–water partition coefficient (Wildman–Crippen LogP) is 3.22. The third-order valence-corrected chi connectivity index (χ3v) is 3.93. The Kier molecular flexibility index (Phi) is 1.33. The number of hydrogen-bond donors (Lipinski definition) is 0. The van der Waals surface area contributed by atoms with Crippen LogP contribution in [0.25, 0.3) is 0 Å². The second kappa shape index (κ2) is 1.99. The molecule has 0 heterocycles. The summed E-state index contributed by atoms with van der Waals surface area (Å²) in [5, 5.41) is 0. The summed E-state index contributed by atoms with van der Waals surface area (Å²) < 4.78 is 0. The lowest BCUT2D eigenvalue weighted by molar-refractivity contribution is 0.230. The molecule has 0 N–H and O–H groups in total. The fraction of sp³-hybridized carbons (Fsp3) is 1.00. The van der Waals surface area contributed by atoms with Crippen molar-refractivity contribution in [2.45, 2.75) is 46.0 Å². The molecule has 0 aromatic carbocycles. The van der Waals surface area contributed by atoms with E-state index in [9.17, 15) is 0 Å². The first-order valence-electron chi connectivity index (χ1n) is 4.78. The van der Waals surface area contributed by atoms with E-state index in [0.29, 0.717) is 0 Å². The van der Waals surface area contributed by atoms with E-state index in [1.165, 1.54) is 12.8 Å². The molecule has 10 heavy (non-hydrogen) atoms. The van der Waals surface area contributed by atoms with Gasteiger partial charge in [0.1, 0.15) is 0 Å². The molecule has 0 radical (unpaired) electrons. The second-order valence-electron chi connectivity index (χ2n) is 4.41. The van der Waals surface area contributed by atoms with Gasteiger partial charge in [-0.05, 0) is 36.5 Å². The van der Waals surface area contributed by atoms with Crippen molar-refractivity contribution in [1.29, 1.82) is 0 Å². The Balaban J connectivity index is 1.88. The van der Waals surface area contributed by atoms with Crippen molar-refractivity contribution in [2.75, 3.05) is 0 Å². The second-order valence-corrected chi connectivity index (χ2v) is 4.41. The van der Waals surface area contributed by atoms with E-state index in [1.807, 2.05) is 0 Å². The zero-order valence-electron chi connectivity index (χ0n) is 7.19. The summed E-state index contributed by atoms with van der Waals surface area (Å²) in [6.45, 7) is 4.76. The first-order valence-corrected chi connectivity index (χ1v) is 4.78. The van der Waals surface area contributed by atoms with Gasteiger partial charge >= 0.3 is 0 Å². The molecule has 0 amide bonds. The SMILES string of the molecule is CCC(C)C1CC12CCC2. The lowest BCUT2D eigenvalue weighted by Crippen LogP contribution is -2.17. The molecule has 0 aromatic rings. The predicted molar refractivity (Wildman–Crippen MR) is 43.8 cm³/mol. The van der Waals surface area contributed by atoms with Gasteiger partial charge in [-0.15, -0.1) is 0 Å². The summed E-state index contributed by atoms with van der Waals surface area (Å²) >= 11 is 0. The zero-order chi connectivity index (χ0) is 7.19. The molecule has 2 saturated carbocycles. The van der Waals surface area contributed by atoms with Crippen molar-refractivity contribution in [2.24, 2.45) is 17.3 Å². The van der Waals surface area contributed by atoms with Crippen LogP contribution in [0.5, 0.6) is 0 Å². The Labute approximate surface area is 64.0 Å². The minimum Gasteiger partial charge on any atom is -0.0651 e. The molecule has 0 nitrogen and oxygen atoms in total. The van der Waals surface area contributed by atoms with Crippen LogP contribution in [0.4, 0.5) is 0 Å². The van der Waals surface area contributed by atoms with Crippen LogP contribution in [0.2, 0.25) is 0 Å². The molecule has 2 aliphatic rings. The molecule has 0 aliphatic heterocycles. The molecule has 0 aromatic heterocycles.